The van der Waals surface area contributed by atoms with Crippen LogP contribution in [0.1, 0.15) is 36.3 Å². The Labute approximate surface area is 183 Å². The largest absolute Gasteiger partial charge is 0.489 e. The number of benzene rings is 2. The number of piperidine rings is 1. The quantitative estimate of drug-likeness (QED) is 0.758. The zero-order valence-corrected chi connectivity index (χ0v) is 17.6. The van der Waals surface area contributed by atoms with Crippen molar-refractivity contribution in [2.24, 2.45) is 0 Å². The summed E-state index contributed by atoms with van der Waals surface area (Å²) in [4.78, 5) is 25.6. The number of imide groups is 1. The molecule has 1 N–H and O–H groups in total. The Balaban J connectivity index is 1.28. The molecule has 1 unspecified atom stereocenters. The second-order valence-corrected chi connectivity index (χ2v) is 9.39. The molecule has 2 saturated heterocycles. The number of anilines is 1. The molecule has 3 atom stereocenters. The van der Waals surface area contributed by atoms with Crippen LogP contribution >= 0.6 is 11.8 Å². The van der Waals surface area contributed by atoms with E-state index in [1.165, 1.54) is 12.1 Å². The molecule has 1 aliphatic carbocycles. The van der Waals surface area contributed by atoms with Gasteiger partial charge in [-0.05, 0) is 61.1 Å². The average molecular weight is 445 g/mol. The van der Waals surface area contributed by atoms with Gasteiger partial charge in [-0.3, -0.25) is 14.9 Å². The van der Waals surface area contributed by atoms with Gasteiger partial charge in [-0.1, -0.05) is 17.8 Å². The van der Waals surface area contributed by atoms with Gasteiger partial charge >= 0.3 is 0 Å². The van der Waals surface area contributed by atoms with Crippen molar-refractivity contribution < 1.29 is 23.1 Å². The molecule has 2 amide bonds. The lowest BCUT2D eigenvalue weighted by atomic mass is 9.97. The SMILES string of the molecule is O=C1NC(=O)C([C@@H]2CCc3cc(O[C@H]4CCCN(c5cc(F)cc(F)c5)C4)ccc32)S1. The summed E-state index contributed by atoms with van der Waals surface area (Å²) in [5.74, 6) is -0.571. The van der Waals surface area contributed by atoms with Gasteiger partial charge in [-0.2, -0.15) is 0 Å². The number of hydrogen-bond donors (Lipinski definition) is 1. The van der Waals surface area contributed by atoms with Crippen molar-refractivity contribution in [3.63, 3.8) is 0 Å². The maximum atomic E-state index is 13.6. The first-order valence-electron chi connectivity index (χ1n) is 10.5. The number of aryl methyl sites for hydroxylation is 1. The van der Waals surface area contributed by atoms with Gasteiger partial charge < -0.3 is 9.64 Å². The first-order chi connectivity index (χ1) is 15.0. The fraction of sp³-hybridized carbons (Fsp3) is 0.391. The smallest absolute Gasteiger partial charge is 0.286 e. The van der Waals surface area contributed by atoms with Crippen LogP contribution in [-0.2, 0) is 11.2 Å². The zero-order chi connectivity index (χ0) is 21.5. The van der Waals surface area contributed by atoms with E-state index in [0.29, 0.717) is 12.2 Å². The van der Waals surface area contributed by atoms with E-state index >= 15 is 0 Å². The van der Waals surface area contributed by atoms with Crippen LogP contribution in [0.2, 0.25) is 0 Å². The van der Waals surface area contributed by atoms with E-state index < -0.39 is 11.6 Å². The molecule has 0 bridgehead atoms. The van der Waals surface area contributed by atoms with E-state index in [2.05, 4.69) is 5.32 Å². The molecule has 0 saturated carbocycles. The summed E-state index contributed by atoms with van der Waals surface area (Å²) in [5, 5.41) is 1.74. The molecule has 2 heterocycles. The number of ether oxygens (including phenoxy) is 1. The second-order valence-electron chi connectivity index (χ2n) is 8.28. The van der Waals surface area contributed by atoms with Gasteiger partial charge in [0.15, 0.2) is 0 Å². The monoisotopic (exact) mass is 444 g/mol. The normalized spacial score (nSPS) is 25.5. The Bertz CT molecular complexity index is 1030. The fourth-order valence-corrected chi connectivity index (χ4v) is 5.84. The highest BCUT2D eigenvalue weighted by molar-refractivity contribution is 8.15. The van der Waals surface area contributed by atoms with Gasteiger partial charge in [0.25, 0.3) is 5.24 Å². The van der Waals surface area contributed by atoms with Crippen molar-refractivity contribution in [2.75, 3.05) is 18.0 Å². The van der Waals surface area contributed by atoms with Crippen LogP contribution in [0.5, 0.6) is 5.75 Å². The molecule has 5 rings (SSSR count). The molecule has 0 aromatic heterocycles. The number of carbonyl (C=O) groups is 2. The standard InChI is InChI=1S/C23H22F2N2O3S/c24-14-9-15(25)11-16(10-14)27-7-1-2-18(12-27)30-17-4-6-19-13(8-17)3-5-20(19)21-22(28)26-23(29)31-21/h4,6,8-11,18,20-21H,1-3,5,7,12H2,(H,26,28,29)/t18-,20+,21?/m0/s1. The highest BCUT2D eigenvalue weighted by Gasteiger charge is 2.41. The van der Waals surface area contributed by atoms with Crippen LogP contribution in [-0.4, -0.2) is 35.6 Å². The van der Waals surface area contributed by atoms with Crippen molar-refractivity contribution in [3.8, 4) is 5.75 Å². The van der Waals surface area contributed by atoms with E-state index in [1.807, 2.05) is 23.1 Å². The van der Waals surface area contributed by atoms with Crippen molar-refractivity contribution >= 4 is 28.6 Å². The number of hydrogen-bond acceptors (Lipinski definition) is 5. The van der Waals surface area contributed by atoms with E-state index in [1.54, 1.807) is 0 Å². The predicted molar refractivity (Wildman–Crippen MR) is 115 cm³/mol. The Morgan fingerprint density at radius 2 is 1.87 bits per heavy atom. The van der Waals surface area contributed by atoms with Crippen LogP contribution in [0.3, 0.4) is 0 Å². The summed E-state index contributed by atoms with van der Waals surface area (Å²) in [5.41, 5.74) is 2.79. The van der Waals surface area contributed by atoms with Crippen molar-refractivity contribution in [1.29, 1.82) is 0 Å². The van der Waals surface area contributed by atoms with E-state index in [9.17, 15) is 18.4 Å². The summed E-state index contributed by atoms with van der Waals surface area (Å²) in [6.07, 6.45) is 3.34. The highest BCUT2D eigenvalue weighted by Crippen LogP contribution is 2.43. The molecule has 2 aromatic carbocycles. The molecule has 0 spiro atoms. The molecule has 2 aromatic rings. The highest BCUT2D eigenvalue weighted by atomic mass is 32.2. The molecule has 2 fully saturated rings. The van der Waals surface area contributed by atoms with Gasteiger partial charge in [0.05, 0.1) is 6.54 Å². The number of fused-ring (bicyclic) bond motifs is 1. The molecular formula is C23H22F2N2O3S. The summed E-state index contributed by atoms with van der Waals surface area (Å²) in [6.45, 7) is 1.29. The van der Waals surface area contributed by atoms with Gasteiger partial charge in [-0.15, -0.1) is 0 Å². The number of amides is 2. The third kappa shape index (κ3) is 4.13. The second kappa shape index (κ2) is 8.15. The maximum Gasteiger partial charge on any atom is 0.286 e. The molecular weight excluding hydrogens is 422 g/mol. The first kappa shape index (κ1) is 20.3. The summed E-state index contributed by atoms with van der Waals surface area (Å²) >= 11 is 1.08. The number of nitrogens with one attached hydrogen (secondary N) is 1. The fourth-order valence-electron chi connectivity index (χ4n) is 4.83. The number of halogens is 2. The van der Waals surface area contributed by atoms with Crippen LogP contribution < -0.4 is 15.0 Å². The van der Waals surface area contributed by atoms with Gasteiger partial charge in [-0.25, -0.2) is 8.78 Å². The van der Waals surface area contributed by atoms with Crippen molar-refractivity contribution in [1.82, 2.24) is 5.32 Å². The summed E-state index contributed by atoms with van der Waals surface area (Å²) in [7, 11) is 0. The van der Waals surface area contributed by atoms with Crippen molar-refractivity contribution in [2.45, 2.75) is 43.0 Å². The number of thioether (sulfide) groups is 1. The number of nitrogens with zero attached hydrogens (tertiary/aromatic N) is 1. The van der Waals surface area contributed by atoms with Gasteiger partial charge in [0.2, 0.25) is 5.91 Å². The van der Waals surface area contributed by atoms with E-state index in [0.717, 1.165) is 66.9 Å². The van der Waals surface area contributed by atoms with Crippen LogP contribution in [0.4, 0.5) is 19.3 Å². The van der Waals surface area contributed by atoms with Crippen LogP contribution in [0.15, 0.2) is 36.4 Å². The van der Waals surface area contributed by atoms with Crippen LogP contribution in [0.25, 0.3) is 0 Å². The van der Waals surface area contributed by atoms with Crippen LogP contribution in [0, 0.1) is 11.6 Å². The molecule has 8 heteroatoms. The summed E-state index contributed by atoms with van der Waals surface area (Å²) in [6, 6.07) is 9.52. The lowest BCUT2D eigenvalue weighted by Gasteiger charge is -2.34. The predicted octanol–water partition coefficient (Wildman–Crippen LogP) is 4.39. The average Bonchev–Trinajstić information content (AvgIpc) is 3.29. The van der Waals surface area contributed by atoms with Gasteiger partial charge in [0, 0.05) is 24.2 Å². The topological polar surface area (TPSA) is 58.6 Å². The number of rotatable bonds is 4. The maximum absolute atomic E-state index is 13.6. The third-order valence-corrected chi connectivity index (χ3v) is 7.33. The number of carbonyl (C=O) groups excluding carboxylic acids is 2. The Morgan fingerprint density at radius 3 is 2.61 bits per heavy atom. The molecule has 0 radical (unpaired) electrons. The summed E-state index contributed by atoms with van der Waals surface area (Å²) < 4.78 is 33.4. The minimum Gasteiger partial charge on any atom is -0.489 e. The molecule has 2 aliphatic heterocycles. The van der Waals surface area contributed by atoms with Crippen molar-refractivity contribution in [3.05, 3.63) is 59.2 Å². The first-order valence-corrected chi connectivity index (χ1v) is 11.4. The van der Waals surface area contributed by atoms with Gasteiger partial charge in [0.1, 0.15) is 28.7 Å². The van der Waals surface area contributed by atoms with E-state index in [4.69, 9.17) is 4.74 Å². The minimum absolute atomic E-state index is 0.0357. The molecule has 3 aliphatic rings. The Morgan fingerprint density at radius 1 is 1.06 bits per heavy atom. The molecule has 5 nitrogen and oxygen atoms in total. The zero-order valence-electron chi connectivity index (χ0n) is 16.8. The lowest BCUT2D eigenvalue weighted by molar-refractivity contribution is -0.119. The Hall–Kier alpha value is -2.61. The molecule has 162 valence electrons. The minimum atomic E-state index is -0.581. The lowest BCUT2D eigenvalue weighted by Crippen LogP contribution is -2.41. The molecule has 31 heavy (non-hydrogen) atoms. The van der Waals surface area contributed by atoms with E-state index in [-0.39, 0.29) is 28.4 Å². The Kier molecular flexibility index (Phi) is 5.33. The third-order valence-electron chi connectivity index (χ3n) is 6.22.